The molecule has 0 bridgehead atoms. The fourth-order valence-electron chi connectivity index (χ4n) is 1.67. The maximum absolute atomic E-state index is 12.0. The zero-order valence-corrected chi connectivity index (χ0v) is 12.6. The van der Waals surface area contributed by atoms with Crippen LogP contribution < -0.4 is 20.5 Å². The summed E-state index contributed by atoms with van der Waals surface area (Å²) in [6, 6.07) is 5.07. The summed E-state index contributed by atoms with van der Waals surface area (Å²) in [5.74, 6) is 1.02. The molecule has 0 aliphatic rings. The predicted molar refractivity (Wildman–Crippen MR) is 82.5 cm³/mol. The van der Waals surface area contributed by atoms with Crippen molar-refractivity contribution in [1.82, 2.24) is 5.32 Å². The van der Waals surface area contributed by atoms with Crippen LogP contribution in [0.2, 0.25) is 0 Å². The van der Waals surface area contributed by atoms with Gasteiger partial charge in [-0.05, 0) is 31.4 Å². The van der Waals surface area contributed by atoms with E-state index in [2.05, 4.69) is 5.32 Å². The summed E-state index contributed by atoms with van der Waals surface area (Å²) >= 11 is 4.79. The standard InChI is InChI=1S/C14H20N2O3S/c1-18-11-7-10(8-12(9-11)19-2)14(17)16-6-4-3-5-13(15)20/h7-9H,3-6H2,1-2H3,(H2,15,20)(H,16,17). The van der Waals surface area contributed by atoms with Gasteiger partial charge < -0.3 is 20.5 Å². The van der Waals surface area contributed by atoms with E-state index in [0.717, 1.165) is 12.8 Å². The van der Waals surface area contributed by atoms with Crippen LogP contribution in [-0.4, -0.2) is 31.7 Å². The van der Waals surface area contributed by atoms with Gasteiger partial charge in [0.25, 0.3) is 5.91 Å². The molecule has 0 saturated carbocycles. The van der Waals surface area contributed by atoms with Gasteiger partial charge in [-0.3, -0.25) is 4.79 Å². The summed E-state index contributed by atoms with van der Waals surface area (Å²) in [7, 11) is 3.10. The molecule has 1 amide bonds. The van der Waals surface area contributed by atoms with Crippen LogP contribution in [0.3, 0.4) is 0 Å². The van der Waals surface area contributed by atoms with Gasteiger partial charge >= 0.3 is 0 Å². The Hall–Kier alpha value is -1.82. The minimum absolute atomic E-state index is 0.155. The van der Waals surface area contributed by atoms with Gasteiger partial charge in [-0.1, -0.05) is 12.2 Å². The lowest BCUT2D eigenvalue weighted by Crippen LogP contribution is -2.24. The average molecular weight is 296 g/mol. The van der Waals surface area contributed by atoms with Crippen LogP contribution in [0, 0.1) is 0 Å². The molecule has 0 fully saturated rings. The monoisotopic (exact) mass is 296 g/mol. The third kappa shape index (κ3) is 5.44. The number of rotatable bonds is 8. The summed E-state index contributed by atoms with van der Waals surface area (Å²) in [6.07, 6.45) is 2.42. The minimum Gasteiger partial charge on any atom is -0.497 e. The molecule has 0 heterocycles. The third-order valence-corrected chi connectivity index (χ3v) is 2.95. The molecule has 0 aliphatic carbocycles. The smallest absolute Gasteiger partial charge is 0.251 e. The van der Waals surface area contributed by atoms with Gasteiger partial charge in [0.05, 0.1) is 19.2 Å². The topological polar surface area (TPSA) is 73.6 Å². The number of carbonyl (C=O) groups is 1. The first-order valence-electron chi connectivity index (χ1n) is 6.36. The molecule has 1 aromatic rings. The van der Waals surface area contributed by atoms with Crippen molar-refractivity contribution in [1.29, 1.82) is 0 Å². The predicted octanol–water partition coefficient (Wildman–Crippen LogP) is 1.89. The zero-order valence-electron chi connectivity index (χ0n) is 11.8. The van der Waals surface area contributed by atoms with Crippen molar-refractivity contribution < 1.29 is 14.3 Å². The fraction of sp³-hybridized carbons (Fsp3) is 0.429. The van der Waals surface area contributed by atoms with Crippen LogP contribution in [0.15, 0.2) is 18.2 Å². The number of hydrogen-bond donors (Lipinski definition) is 2. The van der Waals surface area contributed by atoms with Crippen molar-refractivity contribution in [2.45, 2.75) is 19.3 Å². The van der Waals surface area contributed by atoms with Crippen molar-refractivity contribution in [3.63, 3.8) is 0 Å². The first-order valence-corrected chi connectivity index (χ1v) is 6.77. The van der Waals surface area contributed by atoms with Gasteiger partial charge in [-0.25, -0.2) is 0 Å². The van der Waals surface area contributed by atoms with Crippen LogP contribution in [0.1, 0.15) is 29.6 Å². The molecule has 1 rings (SSSR count). The molecule has 0 spiro atoms. The van der Waals surface area contributed by atoms with Crippen LogP contribution >= 0.6 is 12.2 Å². The van der Waals surface area contributed by atoms with Crippen LogP contribution in [-0.2, 0) is 0 Å². The van der Waals surface area contributed by atoms with Crippen LogP contribution in [0.4, 0.5) is 0 Å². The maximum Gasteiger partial charge on any atom is 0.251 e. The molecule has 0 atom stereocenters. The highest BCUT2D eigenvalue weighted by molar-refractivity contribution is 7.80. The molecule has 0 aliphatic heterocycles. The van der Waals surface area contributed by atoms with E-state index >= 15 is 0 Å². The van der Waals surface area contributed by atoms with E-state index in [1.807, 2.05) is 0 Å². The Bertz CT molecular complexity index is 455. The third-order valence-electron chi connectivity index (χ3n) is 2.75. The SMILES string of the molecule is COc1cc(OC)cc(C(=O)NCCCCC(N)=S)c1. The Morgan fingerprint density at radius 1 is 1.20 bits per heavy atom. The van der Waals surface area contributed by atoms with E-state index in [-0.39, 0.29) is 5.91 Å². The van der Waals surface area contributed by atoms with Gasteiger partial charge in [-0.2, -0.15) is 0 Å². The summed E-state index contributed by atoms with van der Waals surface area (Å²) in [5.41, 5.74) is 5.92. The second-order valence-electron chi connectivity index (χ2n) is 4.28. The largest absolute Gasteiger partial charge is 0.497 e. The molecule has 20 heavy (non-hydrogen) atoms. The first kappa shape index (κ1) is 16.2. The molecule has 0 aromatic heterocycles. The molecule has 1 aromatic carbocycles. The van der Waals surface area contributed by atoms with Gasteiger partial charge in [0, 0.05) is 18.2 Å². The highest BCUT2D eigenvalue weighted by Crippen LogP contribution is 2.22. The minimum atomic E-state index is -0.155. The summed E-state index contributed by atoms with van der Waals surface area (Å²) in [4.78, 5) is 12.5. The van der Waals surface area contributed by atoms with Crippen molar-refractivity contribution in [3.8, 4) is 11.5 Å². The second kappa shape index (κ2) is 8.37. The lowest BCUT2D eigenvalue weighted by Gasteiger charge is -2.09. The highest BCUT2D eigenvalue weighted by Gasteiger charge is 2.09. The molecule has 110 valence electrons. The number of methoxy groups -OCH3 is 2. The molecule has 0 radical (unpaired) electrons. The molecule has 5 nitrogen and oxygen atoms in total. The van der Waals surface area contributed by atoms with E-state index in [1.165, 1.54) is 0 Å². The quantitative estimate of drug-likeness (QED) is 0.566. The van der Waals surface area contributed by atoms with Crippen LogP contribution in [0.25, 0.3) is 0 Å². The van der Waals surface area contributed by atoms with E-state index in [4.69, 9.17) is 27.4 Å². The van der Waals surface area contributed by atoms with Crippen molar-refractivity contribution >= 4 is 23.1 Å². The Balaban J connectivity index is 2.52. The first-order chi connectivity index (χ1) is 9.56. The van der Waals surface area contributed by atoms with Crippen molar-refractivity contribution in [2.75, 3.05) is 20.8 Å². The number of carbonyl (C=O) groups excluding carboxylic acids is 1. The number of nitrogens with two attached hydrogens (primary N) is 1. The lowest BCUT2D eigenvalue weighted by atomic mass is 10.1. The Morgan fingerprint density at radius 2 is 1.80 bits per heavy atom. The second-order valence-corrected chi connectivity index (χ2v) is 4.81. The van der Waals surface area contributed by atoms with E-state index in [1.54, 1.807) is 32.4 Å². The molecule has 0 unspecified atom stereocenters. The molecular weight excluding hydrogens is 276 g/mol. The van der Waals surface area contributed by atoms with E-state index in [0.29, 0.717) is 35.0 Å². The van der Waals surface area contributed by atoms with Gasteiger partial charge in [0.2, 0.25) is 0 Å². The summed E-state index contributed by atoms with van der Waals surface area (Å²) in [5, 5.41) is 2.84. The van der Waals surface area contributed by atoms with Crippen LogP contribution in [0.5, 0.6) is 11.5 Å². The van der Waals surface area contributed by atoms with Gasteiger partial charge in [0.15, 0.2) is 0 Å². The maximum atomic E-state index is 12.0. The number of nitrogens with one attached hydrogen (secondary N) is 1. The number of hydrogen-bond acceptors (Lipinski definition) is 4. The number of ether oxygens (including phenoxy) is 2. The summed E-state index contributed by atoms with van der Waals surface area (Å²) < 4.78 is 10.3. The highest BCUT2D eigenvalue weighted by atomic mass is 32.1. The molecule has 0 saturated heterocycles. The van der Waals surface area contributed by atoms with Gasteiger partial charge in [0.1, 0.15) is 11.5 Å². The number of benzene rings is 1. The molecule has 6 heteroatoms. The van der Waals surface area contributed by atoms with E-state index < -0.39 is 0 Å². The average Bonchev–Trinajstić information content (AvgIpc) is 2.45. The molecule has 3 N–H and O–H groups in total. The van der Waals surface area contributed by atoms with Crippen molar-refractivity contribution in [2.24, 2.45) is 5.73 Å². The zero-order chi connectivity index (χ0) is 15.0. The number of thiocarbonyl (C=S) groups is 1. The fourth-order valence-corrected chi connectivity index (χ4v) is 1.81. The Morgan fingerprint density at radius 3 is 2.30 bits per heavy atom. The van der Waals surface area contributed by atoms with E-state index in [9.17, 15) is 4.79 Å². The Kier molecular flexibility index (Phi) is 6.79. The van der Waals surface area contributed by atoms with Crippen molar-refractivity contribution in [3.05, 3.63) is 23.8 Å². The Labute approximate surface area is 124 Å². The van der Waals surface area contributed by atoms with Gasteiger partial charge in [-0.15, -0.1) is 0 Å². The number of unbranched alkanes of at least 4 members (excludes halogenated alkanes) is 1. The molecular formula is C14H20N2O3S. The normalized spacial score (nSPS) is 9.90. The summed E-state index contributed by atoms with van der Waals surface area (Å²) in [6.45, 7) is 0.584. The lowest BCUT2D eigenvalue weighted by molar-refractivity contribution is 0.0952. The number of amides is 1.